The third-order valence-corrected chi connectivity index (χ3v) is 2.84. The normalized spacial score (nSPS) is 13.4. The van der Waals surface area contributed by atoms with Crippen LogP contribution >= 0.6 is 15.9 Å². The fourth-order valence-corrected chi connectivity index (χ4v) is 2.05. The lowest BCUT2D eigenvalue weighted by Crippen LogP contribution is -2.22. The molecule has 0 aliphatic carbocycles. The number of benzene rings is 1. The summed E-state index contributed by atoms with van der Waals surface area (Å²) in [5.74, 6) is 1.23. The summed E-state index contributed by atoms with van der Waals surface area (Å²) in [5, 5.41) is 0. The summed E-state index contributed by atoms with van der Waals surface area (Å²) in [4.78, 5) is 13.3. The van der Waals surface area contributed by atoms with Crippen LogP contribution in [-0.2, 0) is 0 Å². The van der Waals surface area contributed by atoms with Crippen molar-refractivity contribution < 1.29 is 14.3 Å². The number of rotatable bonds is 1. The summed E-state index contributed by atoms with van der Waals surface area (Å²) in [6.07, 6.45) is 0. The molecule has 1 aromatic carbocycles. The van der Waals surface area contributed by atoms with Crippen LogP contribution in [0, 0.1) is 0 Å². The van der Waals surface area contributed by atoms with Gasteiger partial charge in [-0.25, -0.2) is 0 Å². The van der Waals surface area contributed by atoms with Crippen molar-refractivity contribution in [3.63, 3.8) is 0 Å². The number of carbonyl (C=O) groups excluding carboxylic acids is 1. The average Bonchev–Trinajstić information content (AvgIpc) is 2.28. The van der Waals surface area contributed by atoms with E-state index in [2.05, 4.69) is 15.9 Å². The molecule has 0 bridgehead atoms. The van der Waals surface area contributed by atoms with Gasteiger partial charge in [-0.15, -0.1) is 0 Å². The Morgan fingerprint density at radius 3 is 2.69 bits per heavy atom. The quantitative estimate of drug-likeness (QED) is 0.791. The standard InChI is InChI=1S/C11H12BrNO3/c1-13(2)11(14)7-5-8(12)10-9(6-7)15-3-4-16-10/h5-6H,3-4H2,1-2H3. The van der Waals surface area contributed by atoms with Gasteiger partial charge in [-0.2, -0.15) is 0 Å². The molecule has 2 rings (SSSR count). The van der Waals surface area contributed by atoms with Gasteiger partial charge in [0.05, 0.1) is 4.47 Å². The molecule has 0 spiro atoms. The van der Waals surface area contributed by atoms with E-state index in [1.54, 1.807) is 26.2 Å². The Kier molecular flexibility index (Phi) is 3.05. The summed E-state index contributed by atoms with van der Waals surface area (Å²) < 4.78 is 11.6. The highest BCUT2D eigenvalue weighted by atomic mass is 79.9. The van der Waals surface area contributed by atoms with Gasteiger partial charge in [0.25, 0.3) is 5.91 Å². The first-order valence-corrected chi connectivity index (χ1v) is 5.69. The van der Waals surface area contributed by atoms with Gasteiger partial charge in [-0.3, -0.25) is 4.79 Å². The molecular formula is C11H12BrNO3. The number of hydrogen-bond acceptors (Lipinski definition) is 3. The minimum absolute atomic E-state index is 0.0577. The van der Waals surface area contributed by atoms with Crippen molar-refractivity contribution in [3.05, 3.63) is 22.2 Å². The van der Waals surface area contributed by atoms with Gasteiger partial charge in [0, 0.05) is 19.7 Å². The second-order valence-electron chi connectivity index (χ2n) is 3.68. The molecule has 4 nitrogen and oxygen atoms in total. The van der Waals surface area contributed by atoms with Crippen molar-refractivity contribution >= 4 is 21.8 Å². The zero-order valence-corrected chi connectivity index (χ0v) is 10.7. The molecule has 0 atom stereocenters. The third-order valence-electron chi connectivity index (χ3n) is 2.25. The molecule has 1 aliphatic heterocycles. The van der Waals surface area contributed by atoms with E-state index in [1.165, 1.54) is 4.90 Å². The van der Waals surface area contributed by atoms with Crippen molar-refractivity contribution in [2.75, 3.05) is 27.3 Å². The molecule has 16 heavy (non-hydrogen) atoms. The summed E-state index contributed by atoms with van der Waals surface area (Å²) in [6, 6.07) is 3.46. The van der Waals surface area contributed by atoms with E-state index in [9.17, 15) is 4.79 Å². The van der Waals surface area contributed by atoms with Gasteiger partial charge in [0.15, 0.2) is 11.5 Å². The van der Waals surface area contributed by atoms with Crippen LogP contribution in [0.3, 0.4) is 0 Å². The zero-order chi connectivity index (χ0) is 11.7. The van der Waals surface area contributed by atoms with Crippen molar-refractivity contribution in [3.8, 4) is 11.5 Å². The van der Waals surface area contributed by atoms with Crippen LogP contribution in [-0.4, -0.2) is 38.1 Å². The number of hydrogen-bond donors (Lipinski definition) is 0. The van der Waals surface area contributed by atoms with Crippen LogP contribution in [0.25, 0.3) is 0 Å². The SMILES string of the molecule is CN(C)C(=O)c1cc(Br)c2c(c1)OCCO2. The molecule has 0 aromatic heterocycles. The fraction of sp³-hybridized carbons (Fsp3) is 0.364. The molecule has 0 unspecified atom stereocenters. The molecule has 1 amide bonds. The van der Waals surface area contributed by atoms with Crippen molar-refractivity contribution in [2.45, 2.75) is 0 Å². The van der Waals surface area contributed by atoms with Gasteiger partial charge in [-0.05, 0) is 28.1 Å². The van der Waals surface area contributed by atoms with Gasteiger partial charge in [0.1, 0.15) is 13.2 Å². The van der Waals surface area contributed by atoms with Gasteiger partial charge >= 0.3 is 0 Å². The largest absolute Gasteiger partial charge is 0.486 e. The van der Waals surface area contributed by atoms with Gasteiger partial charge in [0.2, 0.25) is 0 Å². The highest BCUT2D eigenvalue weighted by Crippen LogP contribution is 2.38. The zero-order valence-electron chi connectivity index (χ0n) is 9.12. The number of carbonyl (C=O) groups is 1. The number of fused-ring (bicyclic) bond motifs is 1. The Hall–Kier alpha value is -1.23. The number of nitrogens with zero attached hydrogens (tertiary/aromatic N) is 1. The monoisotopic (exact) mass is 285 g/mol. The molecule has 1 heterocycles. The van der Waals surface area contributed by atoms with E-state index in [0.717, 1.165) is 4.47 Å². The lowest BCUT2D eigenvalue weighted by molar-refractivity contribution is 0.0826. The number of halogens is 1. The van der Waals surface area contributed by atoms with E-state index in [0.29, 0.717) is 30.3 Å². The molecule has 0 fully saturated rings. The summed E-state index contributed by atoms with van der Waals surface area (Å²) in [5.41, 5.74) is 0.584. The van der Waals surface area contributed by atoms with Crippen molar-refractivity contribution in [2.24, 2.45) is 0 Å². The molecule has 0 radical (unpaired) electrons. The molecular weight excluding hydrogens is 274 g/mol. The Labute approximate surface area is 102 Å². The number of amides is 1. The Balaban J connectivity index is 2.43. The Morgan fingerprint density at radius 1 is 1.31 bits per heavy atom. The molecule has 0 saturated carbocycles. The first-order valence-electron chi connectivity index (χ1n) is 4.90. The van der Waals surface area contributed by atoms with E-state index >= 15 is 0 Å². The lowest BCUT2D eigenvalue weighted by atomic mass is 10.1. The first-order chi connectivity index (χ1) is 7.59. The molecule has 5 heteroatoms. The Morgan fingerprint density at radius 2 is 2.00 bits per heavy atom. The predicted molar refractivity (Wildman–Crippen MR) is 63.1 cm³/mol. The van der Waals surface area contributed by atoms with Crippen LogP contribution in [0.15, 0.2) is 16.6 Å². The van der Waals surface area contributed by atoms with Crippen LogP contribution in [0.5, 0.6) is 11.5 Å². The minimum Gasteiger partial charge on any atom is -0.486 e. The van der Waals surface area contributed by atoms with Crippen molar-refractivity contribution in [1.82, 2.24) is 4.90 Å². The summed E-state index contributed by atoms with van der Waals surface area (Å²) in [6.45, 7) is 1.05. The molecule has 1 aliphatic rings. The van der Waals surface area contributed by atoms with Gasteiger partial charge < -0.3 is 14.4 Å². The van der Waals surface area contributed by atoms with E-state index < -0.39 is 0 Å². The van der Waals surface area contributed by atoms with E-state index in [1.807, 2.05) is 0 Å². The predicted octanol–water partition coefficient (Wildman–Crippen LogP) is 1.92. The van der Waals surface area contributed by atoms with E-state index in [4.69, 9.17) is 9.47 Å². The third kappa shape index (κ3) is 2.00. The Bertz CT molecular complexity index is 431. The maximum Gasteiger partial charge on any atom is 0.253 e. The average molecular weight is 286 g/mol. The topological polar surface area (TPSA) is 38.8 Å². The smallest absolute Gasteiger partial charge is 0.253 e. The second-order valence-corrected chi connectivity index (χ2v) is 4.54. The summed E-state index contributed by atoms with van der Waals surface area (Å²) in [7, 11) is 3.43. The minimum atomic E-state index is -0.0577. The van der Waals surface area contributed by atoms with Crippen LogP contribution in [0.1, 0.15) is 10.4 Å². The fourth-order valence-electron chi connectivity index (χ4n) is 1.49. The highest BCUT2D eigenvalue weighted by molar-refractivity contribution is 9.10. The molecule has 0 saturated heterocycles. The van der Waals surface area contributed by atoms with Crippen LogP contribution < -0.4 is 9.47 Å². The first kappa shape index (κ1) is 11.3. The molecule has 1 aromatic rings. The van der Waals surface area contributed by atoms with Crippen LogP contribution in [0.4, 0.5) is 0 Å². The lowest BCUT2D eigenvalue weighted by Gasteiger charge is -2.21. The highest BCUT2D eigenvalue weighted by Gasteiger charge is 2.19. The molecule has 86 valence electrons. The maximum atomic E-state index is 11.8. The second kappa shape index (κ2) is 4.33. The van der Waals surface area contributed by atoms with Crippen molar-refractivity contribution in [1.29, 1.82) is 0 Å². The summed E-state index contributed by atoms with van der Waals surface area (Å²) >= 11 is 3.37. The molecule has 0 N–H and O–H groups in total. The van der Waals surface area contributed by atoms with Crippen LogP contribution in [0.2, 0.25) is 0 Å². The maximum absolute atomic E-state index is 11.8. The van der Waals surface area contributed by atoms with Gasteiger partial charge in [-0.1, -0.05) is 0 Å². The number of ether oxygens (including phenoxy) is 2. The van der Waals surface area contributed by atoms with E-state index in [-0.39, 0.29) is 5.91 Å².